The lowest BCUT2D eigenvalue weighted by atomic mass is 10.1. The third-order valence-corrected chi connectivity index (χ3v) is 4.56. The zero-order valence-electron chi connectivity index (χ0n) is 15.5. The Bertz CT molecular complexity index is 953. The van der Waals surface area contributed by atoms with E-state index < -0.39 is 22.8 Å². The number of nitrogens with zero attached hydrogens (tertiary/aromatic N) is 2. The third kappa shape index (κ3) is 3.71. The molecule has 0 spiro atoms. The van der Waals surface area contributed by atoms with Crippen LogP contribution < -0.4 is 10.9 Å². The van der Waals surface area contributed by atoms with Gasteiger partial charge in [0.05, 0.1) is 0 Å². The number of fused-ring (bicyclic) bond motifs is 1. The summed E-state index contributed by atoms with van der Waals surface area (Å²) in [7, 11) is 0. The standard InChI is InChI=1S/C19H22FN3O4/c1-11-9-12(5-6-13(11)20)10-21-16(25)14-15(24)17(26)23-7-4-8-27-19(2,3)18(23)22-14/h5-6,9,24H,4,7-8,10H2,1-3H3,(H,21,25). The third-order valence-electron chi connectivity index (χ3n) is 4.56. The largest absolute Gasteiger partial charge is 0.501 e. The van der Waals surface area contributed by atoms with E-state index in [-0.39, 0.29) is 18.1 Å². The molecule has 7 nitrogen and oxygen atoms in total. The summed E-state index contributed by atoms with van der Waals surface area (Å²) < 4.78 is 20.4. The van der Waals surface area contributed by atoms with E-state index in [1.54, 1.807) is 32.9 Å². The number of carbonyl (C=O) groups is 1. The number of amides is 1. The molecule has 0 aliphatic carbocycles. The molecule has 3 rings (SSSR count). The van der Waals surface area contributed by atoms with Crippen LogP contribution in [-0.4, -0.2) is 27.2 Å². The van der Waals surface area contributed by atoms with Crippen molar-refractivity contribution >= 4 is 5.91 Å². The monoisotopic (exact) mass is 375 g/mol. The summed E-state index contributed by atoms with van der Waals surface area (Å²) in [5, 5.41) is 12.8. The predicted molar refractivity (Wildman–Crippen MR) is 96.1 cm³/mol. The van der Waals surface area contributed by atoms with E-state index in [9.17, 15) is 19.1 Å². The summed E-state index contributed by atoms with van der Waals surface area (Å²) in [6, 6.07) is 4.49. The van der Waals surface area contributed by atoms with Crippen LogP contribution in [0.3, 0.4) is 0 Å². The van der Waals surface area contributed by atoms with E-state index >= 15 is 0 Å². The number of aryl methyl sites for hydroxylation is 1. The van der Waals surface area contributed by atoms with Gasteiger partial charge in [0.15, 0.2) is 5.69 Å². The van der Waals surface area contributed by atoms with Crippen molar-refractivity contribution in [3.05, 3.63) is 57.0 Å². The lowest BCUT2D eigenvalue weighted by Gasteiger charge is -2.24. The molecule has 1 aromatic heterocycles. The molecule has 8 heteroatoms. The molecule has 0 unspecified atom stereocenters. The van der Waals surface area contributed by atoms with E-state index in [1.807, 2.05) is 0 Å². The zero-order chi connectivity index (χ0) is 19.8. The molecule has 2 N–H and O–H groups in total. The molecule has 0 bridgehead atoms. The predicted octanol–water partition coefficient (Wildman–Crippen LogP) is 1.98. The first-order valence-corrected chi connectivity index (χ1v) is 8.72. The van der Waals surface area contributed by atoms with Gasteiger partial charge in [0.2, 0.25) is 5.75 Å². The molecule has 1 amide bonds. The molecule has 0 saturated heterocycles. The Hall–Kier alpha value is -2.74. The molecule has 144 valence electrons. The van der Waals surface area contributed by atoms with E-state index in [1.165, 1.54) is 10.6 Å². The number of benzene rings is 1. The first kappa shape index (κ1) is 19.0. The average Bonchev–Trinajstić information content (AvgIpc) is 2.77. The highest BCUT2D eigenvalue weighted by Gasteiger charge is 2.33. The van der Waals surface area contributed by atoms with Crippen LogP contribution >= 0.6 is 0 Å². The van der Waals surface area contributed by atoms with Gasteiger partial charge in [-0.25, -0.2) is 9.37 Å². The van der Waals surface area contributed by atoms with E-state index in [2.05, 4.69) is 10.3 Å². The first-order valence-electron chi connectivity index (χ1n) is 8.72. The number of aromatic hydroxyl groups is 1. The van der Waals surface area contributed by atoms with Crippen molar-refractivity contribution in [1.82, 2.24) is 14.9 Å². The number of halogens is 1. The van der Waals surface area contributed by atoms with Crippen molar-refractivity contribution in [3.8, 4) is 5.75 Å². The normalized spacial score (nSPS) is 15.7. The van der Waals surface area contributed by atoms with Crippen LogP contribution in [-0.2, 0) is 23.4 Å². The Morgan fingerprint density at radius 3 is 2.89 bits per heavy atom. The van der Waals surface area contributed by atoms with Gasteiger partial charge in [0, 0.05) is 19.7 Å². The van der Waals surface area contributed by atoms with Gasteiger partial charge in [-0.3, -0.25) is 14.2 Å². The maximum Gasteiger partial charge on any atom is 0.296 e. The minimum Gasteiger partial charge on any atom is -0.501 e. The molecule has 2 aromatic rings. The van der Waals surface area contributed by atoms with Gasteiger partial charge in [-0.15, -0.1) is 0 Å². The van der Waals surface area contributed by atoms with Crippen LogP contribution in [0.4, 0.5) is 4.39 Å². The fourth-order valence-corrected chi connectivity index (χ4v) is 3.07. The van der Waals surface area contributed by atoms with Gasteiger partial charge in [0.25, 0.3) is 11.5 Å². The van der Waals surface area contributed by atoms with Crippen molar-refractivity contribution in [2.45, 2.75) is 45.9 Å². The molecule has 1 aliphatic rings. The SMILES string of the molecule is Cc1cc(CNC(=O)c2nc3n(c(=O)c2O)CCCOC3(C)C)ccc1F. The van der Waals surface area contributed by atoms with Gasteiger partial charge < -0.3 is 15.2 Å². The summed E-state index contributed by atoms with van der Waals surface area (Å²) in [5.74, 6) is -1.41. The minimum absolute atomic E-state index is 0.111. The van der Waals surface area contributed by atoms with Crippen LogP contribution in [0.1, 0.15) is 47.7 Å². The van der Waals surface area contributed by atoms with Crippen molar-refractivity contribution < 1.29 is 19.0 Å². The van der Waals surface area contributed by atoms with Crippen LogP contribution in [0.25, 0.3) is 0 Å². The lowest BCUT2D eigenvalue weighted by molar-refractivity contribution is -0.0227. The number of carbonyl (C=O) groups excluding carboxylic acids is 1. The number of hydrogen-bond donors (Lipinski definition) is 2. The average molecular weight is 375 g/mol. The summed E-state index contributed by atoms with van der Waals surface area (Å²) in [4.78, 5) is 29.3. The van der Waals surface area contributed by atoms with Crippen LogP contribution in [0.15, 0.2) is 23.0 Å². The number of ether oxygens (including phenoxy) is 1. The van der Waals surface area contributed by atoms with Gasteiger partial charge in [-0.05, 0) is 44.4 Å². The highest BCUT2D eigenvalue weighted by atomic mass is 19.1. The van der Waals surface area contributed by atoms with Crippen molar-refractivity contribution in [2.75, 3.05) is 6.61 Å². The number of nitrogens with one attached hydrogen (secondary N) is 1. The van der Waals surface area contributed by atoms with Crippen LogP contribution in [0.2, 0.25) is 0 Å². The number of aromatic nitrogens is 2. The summed E-state index contributed by atoms with van der Waals surface area (Å²) in [6.45, 7) is 6.06. The Morgan fingerprint density at radius 1 is 1.44 bits per heavy atom. The second-order valence-corrected chi connectivity index (χ2v) is 7.07. The summed E-state index contributed by atoms with van der Waals surface area (Å²) in [5.41, 5.74) is -0.723. The fraction of sp³-hybridized carbons (Fsp3) is 0.421. The lowest BCUT2D eigenvalue weighted by Crippen LogP contribution is -2.35. The molecule has 0 saturated carbocycles. The maximum absolute atomic E-state index is 13.3. The van der Waals surface area contributed by atoms with Crippen LogP contribution in [0, 0.1) is 12.7 Å². The van der Waals surface area contributed by atoms with Gasteiger partial charge in [-0.2, -0.15) is 0 Å². The molecular weight excluding hydrogens is 353 g/mol. The molecule has 0 fully saturated rings. The van der Waals surface area contributed by atoms with Gasteiger partial charge in [-0.1, -0.05) is 12.1 Å². The molecule has 0 atom stereocenters. The topological polar surface area (TPSA) is 93.5 Å². The van der Waals surface area contributed by atoms with Crippen molar-refractivity contribution in [2.24, 2.45) is 0 Å². The molecule has 1 aliphatic heterocycles. The minimum atomic E-state index is -0.869. The highest BCUT2D eigenvalue weighted by molar-refractivity contribution is 5.94. The van der Waals surface area contributed by atoms with Crippen molar-refractivity contribution in [3.63, 3.8) is 0 Å². The quantitative estimate of drug-likeness (QED) is 0.856. The van der Waals surface area contributed by atoms with E-state index in [0.29, 0.717) is 36.5 Å². The van der Waals surface area contributed by atoms with Crippen LogP contribution in [0.5, 0.6) is 5.75 Å². The van der Waals surface area contributed by atoms with Crippen molar-refractivity contribution in [1.29, 1.82) is 0 Å². The molecule has 0 radical (unpaired) electrons. The molecule has 1 aromatic carbocycles. The Kier molecular flexibility index (Phi) is 5.01. The second-order valence-electron chi connectivity index (χ2n) is 7.07. The smallest absolute Gasteiger partial charge is 0.296 e. The van der Waals surface area contributed by atoms with E-state index in [4.69, 9.17) is 4.74 Å². The van der Waals surface area contributed by atoms with Gasteiger partial charge in [0.1, 0.15) is 17.2 Å². The first-order chi connectivity index (χ1) is 12.7. The number of hydrogen-bond acceptors (Lipinski definition) is 5. The Morgan fingerprint density at radius 2 is 2.19 bits per heavy atom. The zero-order valence-corrected chi connectivity index (χ0v) is 15.5. The maximum atomic E-state index is 13.3. The highest BCUT2D eigenvalue weighted by Crippen LogP contribution is 2.27. The molecule has 27 heavy (non-hydrogen) atoms. The Labute approximate surface area is 155 Å². The Balaban J connectivity index is 1.91. The summed E-state index contributed by atoms with van der Waals surface area (Å²) >= 11 is 0. The molecular formula is C19H22FN3O4. The fourth-order valence-electron chi connectivity index (χ4n) is 3.07. The second kappa shape index (κ2) is 7.11. The van der Waals surface area contributed by atoms with E-state index in [0.717, 1.165) is 0 Å². The summed E-state index contributed by atoms with van der Waals surface area (Å²) in [6.07, 6.45) is 0.604. The molecule has 2 heterocycles. The van der Waals surface area contributed by atoms with Gasteiger partial charge >= 0.3 is 0 Å². The number of rotatable bonds is 3.